The maximum absolute atomic E-state index is 12.5. The van der Waals surface area contributed by atoms with Crippen LogP contribution >= 0.6 is 0 Å². The number of likely N-dealkylation sites (tertiary alicyclic amines) is 1. The highest BCUT2D eigenvalue weighted by Gasteiger charge is 2.38. The van der Waals surface area contributed by atoms with Crippen molar-refractivity contribution in [3.05, 3.63) is 47.3 Å². The van der Waals surface area contributed by atoms with Gasteiger partial charge in [-0.15, -0.1) is 5.10 Å². The molecule has 2 aromatic rings. The van der Waals surface area contributed by atoms with Crippen LogP contribution in [-0.2, 0) is 17.8 Å². The van der Waals surface area contributed by atoms with E-state index in [1.165, 1.54) is 16.7 Å². The molecule has 1 saturated heterocycles. The van der Waals surface area contributed by atoms with E-state index in [9.17, 15) is 9.90 Å². The number of carbonyl (C=O) groups excluding carboxylic acids is 1. The maximum Gasteiger partial charge on any atom is 0.223 e. The third kappa shape index (κ3) is 3.82. The summed E-state index contributed by atoms with van der Waals surface area (Å²) in [6, 6.07) is 6.33. The summed E-state index contributed by atoms with van der Waals surface area (Å²) in [5, 5.41) is 18.3. The van der Waals surface area contributed by atoms with Gasteiger partial charge in [-0.25, -0.2) is 4.68 Å². The smallest absolute Gasteiger partial charge is 0.223 e. The number of rotatable bonds is 5. The summed E-state index contributed by atoms with van der Waals surface area (Å²) >= 11 is 0. The Kier molecular flexibility index (Phi) is 4.66. The minimum Gasteiger partial charge on any atom is -0.386 e. The van der Waals surface area contributed by atoms with Crippen molar-refractivity contribution in [3.8, 4) is 0 Å². The van der Waals surface area contributed by atoms with Gasteiger partial charge in [-0.05, 0) is 37.8 Å². The Morgan fingerprint density at radius 2 is 2.21 bits per heavy atom. The van der Waals surface area contributed by atoms with Crippen molar-refractivity contribution in [2.24, 2.45) is 0 Å². The summed E-state index contributed by atoms with van der Waals surface area (Å²) < 4.78 is 1.61. The summed E-state index contributed by atoms with van der Waals surface area (Å²) in [5.41, 5.74) is 2.77. The average molecular weight is 328 g/mol. The first-order valence-corrected chi connectivity index (χ1v) is 8.36. The van der Waals surface area contributed by atoms with Gasteiger partial charge >= 0.3 is 0 Å². The lowest BCUT2D eigenvalue weighted by Crippen LogP contribution is -2.39. The van der Waals surface area contributed by atoms with E-state index in [-0.39, 0.29) is 5.91 Å². The van der Waals surface area contributed by atoms with E-state index in [1.807, 2.05) is 0 Å². The molecule has 0 aliphatic carbocycles. The number of carbonyl (C=O) groups is 1. The van der Waals surface area contributed by atoms with E-state index in [0.717, 1.165) is 6.42 Å². The Morgan fingerprint density at radius 3 is 2.92 bits per heavy atom. The molecule has 1 fully saturated rings. The molecular formula is C18H24N4O2. The summed E-state index contributed by atoms with van der Waals surface area (Å²) in [5.74, 6) is 0.101. The zero-order valence-corrected chi connectivity index (χ0v) is 14.3. The van der Waals surface area contributed by atoms with Gasteiger partial charge in [-0.3, -0.25) is 4.79 Å². The number of β-amino-alcohol motifs (C(OH)–C–C–N with tert-alkyl or cyclic N) is 1. The summed E-state index contributed by atoms with van der Waals surface area (Å²) in [6.07, 6.45) is 5.10. The normalized spacial score (nSPS) is 20.5. The Balaban J connectivity index is 1.54. The zero-order valence-electron chi connectivity index (χ0n) is 14.3. The molecule has 1 N–H and O–H groups in total. The highest BCUT2D eigenvalue weighted by atomic mass is 16.3. The fraction of sp³-hybridized carbons (Fsp3) is 0.500. The fourth-order valence-electron chi connectivity index (χ4n) is 3.34. The first-order chi connectivity index (χ1) is 11.5. The summed E-state index contributed by atoms with van der Waals surface area (Å²) in [6.45, 7) is 5.48. The molecule has 1 aliphatic heterocycles. The van der Waals surface area contributed by atoms with Gasteiger partial charge in [0.25, 0.3) is 0 Å². The third-order valence-electron chi connectivity index (χ3n) is 4.72. The number of nitrogens with zero attached hydrogens (tertiary/aromatic N) is 4. The van der Waals surface area contributed by atoms with E-state index in [0.29, 0.717) is 32.5 Å². The van der Waals surface area contributed by atoms with Crippen molar-refractivity contribution in [3.63, 3.8) is 0 Å². The lowest BCUT2D eigenvalue weighted by molar-refractivity contribution is -0.131. The largest absolute Gasteiger partial charge is 0.386 e. The molecular weight excluding hydrogens is 304 g/mol. The predicted molar refractivity (Wildman–Crippen MR) is 90.4 cm³/mol. The molecule has 6 heteroatoms. The van der Waals surface area contributed by atoms with Crippen molar-refractivity contribution in [1.29, 1.82) is 0 Å². The molecule has 1 unspecified atom stereocenters. The fourth-order valence-corrected chi connectivity index (χ4v) is 3.34. The average Bonchev–Trinajstić information content (AvgIpc) is 3.16. The van der Waals surface area contributed by atoms with Gasteiger partial charge in [0.1, 0.15) is 5.60 Å². The molecule has 0 bridgehead atoms. The van der Waals surface area contributed by atoms with Crippen LogP contribution in [0.25, 0.3) is 0 Å². The van der Waals surface area contributed by atoms with Crippen LogP contribution in [0.4, 0.5) is 0 Å². The highest BCUT2D eigenvalue weighted by Crippen LogP contribution is 2.24. The van der Waals surface area contributed by atoms with Gasteiger partial charge in [0.05, 0.1) is 19.3 Å². The topological polar surface area (TPSA) is 71.2 Å². The van der Waals surface area contributed by atoms with Crippen LogP contribution in [0.2, 0.25) is 0 Å². The number of aromatic nitrogens is 3. The minimum absolute atomic E-state index is 0.101. The monoisotopic (exact) mass is 328 g/mol. The van der Waals surface area contributed by atoms with Gasteiger partial charge in [0.2, 0.25) is 5.91 Å². The Hall–Kier alpha value is -2.21. The van der Waals surface area contributed by atoms with Crippen molar-refractivity contribution < 1.29 is 9.90 Å². The molecule has 3 rings (SSSR count). The molecule has 128 valence electrons. The van der Waals surface area contributed by atoms with Crippen LogP contribution in [0.1, 0.15) is 29.5 Å². The molecule has 1 amide bonds. The molecule has 0 radical (unpaired) electrons. The van der Waals surface area contributed by atoms with Gasteiger partial charge in [-0.1, -0.05) is 29.0 Å². The van der Waals surface area contributed by atoms with E-state index in [4.69, 9.17) is 0 Å². The van der Waals surface area contributed by atoms with Crippen LogP contribution in [-0.4, -0.2) is 49.6 Å². The van der Waals surface area contributed by atoms with Crippen molar-refractivity contribution in [2.45, 2.75) is 45.3 Å². The van der Waals surface area contributed by atoms with Crippen molar-refractivity contribution >= 4 is 5.91 Å². The van der Waals surface area contributed by atoms with E-state index >= 15 is 0 Å². The molecule has 24 heavy (non-hydrogen) atoms. The van der Waals surface area contributed by atoms with E-state index in [1.54, 1.807) is 22.0 Å². The Morgan fingerprint density at radius 1 is 1.38 bits per heavy atom. The van der Waals surface area contributed by atoms with E-state index in [2.05, 4.69) is 42.4 Å². The SMILES string of the molecule is Cc1ccc(CCC(=O)N2CCC(O)(Cn3ccnn3)C2)c(C)c1. The molecule has 2 heterocycles. The van der Waals surface area contributed by atoms with Gasteiger partial charge in [0, 0.05) is 19.2 Å². The molecule has 1 atom stereocenters. The molecule has 1 aromatic heterocycles. The van der Waals surface area contributed by atoms with Gasteiger partial charge < -0.3 is 10.0 Å². The lowest BCUT2D eigenvalue weighted by atomic mass is 10.0. The first kappa shape index (κ1) is 16.6. The number of benzene rings is 1. The van der Waals surface area contributed by atoms with Crippen molar-refractivity contribution in [1.82, 2.24) is 19.9 Å². The molecule has 0 saturated carbocycles. The Bertz CT molecular complexity index is 714. The van der Waals surface area contributed by atoms with E-state index < -0.39 is 5.60 Å². The van der Waals surface area contributed by atoms with Crippen LogP contribution < -0.4 is 0 Å². The lowest BCUT2D eigenvalue weighted by Gasteiger charge is -2.23. The van der Waals surface area contributed by atoms with Crippen LogP contribution in [0.5, 0.6) is 0 Å². The third-order valence-corrected chi connectivity index (χ3v) is 4.72. The molecule has 1 aliphatic rings. The predicted octanol–water partition coefficient (Wildman–Crippen LogP) is 1.49. The number of aliphatic hydroxyl groups is 1. The van der Waals surface area contributed by atoms with Crippen LogP contribution in [0.15, 0.2) is 30.6 Å². The summed E-state index contributed by atoms with van der Waals surface area (Å²) in [7, 11) is 0. The Labute approximate surface area is 142 Å². The maximum atomic E-state index is 12.5. The standard InChI is InChI=1S/C18H24N4O2/c1-14-3-4-16(15(2)11-14)5-6-17(23)21-9-7-18(24,12-21)13-22-10-8-19-20-22/h3-4,8,10-11,24H,5-7,9,12-13H2,1-2H3. The number of aryl methyl sites for hydroxylation is 3. The van der Waals surface area contributed by atoms with Crippen LogP contribution in [0, 0.1) is 13.8 Å². The van der Waals surface area contributed by atoms with Crippen molar-refractivity contribution in [2.75, 3.05) is 13.1 Å². The van der Waals surface area contributed by atoms with Crippen LogP contribution in [0.3, 0.4) is 0 Å². The highest BCUT2D eigenvalue weighted by molar-refractivity contribution is 5.77. The quantitative estimate of drug-likeness (QED) is 0.903. The molecule has 1 aromatic carbocycles. The van der Waals surface area contributed by atoms with Gasteiger partial charge in [-0.2, -0.15) is 0 Å². The summed E-state index contributed by atoms with van der Waals surface area (Å²) in [4.78, 5) is 14.2. The second-order valence-electron chi connectivity index (χ2n) is 6.82. The number of hydrogen-bond donors (Lipinski definition) is 1. The number of amides is 1. The minimum atomic E-state index is -0.914. The second kappa shape index (κ2) is 6.73. The zero-order chi connectivity index (χ0) is 17.2. The second-order valence-corrected chi connectivity index (χ2v) is 6.82. The molecule has 6 nitrogen and oxygen atoms in total. The first-order valence-electron chi connectivity index (χ1n) is 8.36. The molecule has 0 spiro atoms. The number of hydrogen-bond acceptors (Lipinski definition) is 4. The van der Waals surface area contributed by atoms with Gasteiger partial charge in [0.15, 0.2) is 0 Å².